The normalized spacial score (nSPS) is 20.9. The lowest BCUT2D eigenvalue weighted by Crippen LogP contribution is -2.65. The van der Waals surface area contributed by atoms with E-state index in [1.54, 1.807) is 0 Å². The van der Waals surface area contributed by atoms with Gasteiger partial charge in [-0.25, -0.2) is 9.37 Å². The summed E-state index contributed by atoms with van der Waals surface area (Å²) in [6.07, 6.45) is -3.98. The van der Waals surface area contributed by atoms with E-state index in [9.17, 15) is 32.3 Å². The van der Waals surface area contributed by atoms with E-state index >= 15 is 0 Å². The van der Waals surface area contributed by atoms with Crippen LogP contribution in [0.5, 0.6) is 11.5 Å². The van der Waals surface area contributed by atoms with Gasteiger partial charge in [0.2, 0.25) is 0 Å². The zero-order valence-electron chi connectivity index (χ0n) is 18.5. The third-order valence-corrected chi connectivity index (χ3v) is 6.16. The molecular formula is C23H20ClF4N3O5. The van der Waals surface area contributed by atoms with Crippen molar-refractivity contribution in [2.24, 2.45) is 0 Å². The second-order valence-electron chi connectivity index (χ2n) is 8.44. The summed E-state index contributed by atoms with van der Waals surface area (Å²) in [5.41, 5.74) is -0.623. The summed E-state index contributed by atoms with van der Waals surface area (Å²) in [5.74, 6) is -1.62. The highest BCUT2D eigenvalue weighted by atomic mass is 35.5. The fraction of sp³-hybridized carbons (Fsp3) is 0.348. The summed E-state index contributed by atoms with van der Waals surface area (Å²) in [4.78, 5) is 27.8. The van der Waals surface area contributed by atoms with Crippen molar-refractivity contribution < 1.29 is 41.7 Å². The average molecular weight is 530 g/mol. The summed E-state index contributed by atoms with van der Waals surface area (Å²) in [5, 5.41) is 15.9. The molecule has 0 radical (unpaired) electrons. The lowest BCUT2D eigenvalue weighted by atomic mass is 9.62. The van der Waals surface area contributed by atoms with E-state index in [2.05, 4.69) is 15.6 Å². The number of halogens is 5. The van der Waals surface area contributed by atoms with E-state index in [0.717, 1.165) is 30.0 Å². The number of carbonyl (C=O) groups excluding carboxylic acids is 2. The molecule has 1 unspecified atom stereocenters. The number of rotatable bonds is 8. The van der Waals surface area contributed by atoms with Crippen LogP contribution in [0.15, 0.2) is 47.8 Å². The average Bonchev–Trinajstić information content (AvgIpc) is 2.79. The number of ether oxygens (including phenoxy) is 2. The van der Waals surface area contributed by atoms with Crippen LogP contribution in [0.3, 0.4) is 0 Å². The first-order valence-corrected chi connectivity index (χ1v) is 11.1. The number of aliphatic hydroxyl groups excluding tert-OH is 1. The molecule has 1 heterocycles. The fourth-order valence-corrected chi connectivity index (χ4v) is 4.14. The molecule has 1 saturated carbocycles. The van der Waals surface area contributed by atoms with E-state index in [-0.39, 0.29) is 22.9 Å². The molecule has 0 aliphatic heterocycles. The Balaban J connectivity index is 1.25. The second-order valence-corrected chi connectivity index (χ2v) is 8.85. The van der Waals surface area contributed by atoms with Gasteiger partial charge < -0.3 is 25.2 Å². The molecule has 8 nitrogen and oxygen atoms in total. The number of amides is 2. The number of pyridine rings is 1. The number of aromatic nitrogens is 1. The molecule has 1 atom stereocenters. The lowest BCUT2D eigenvalue weighted by molar-refractivity contribution is -0.141. The van der Waals surface area contributed by atoms with Gasteiger partial charge in [-0.05, 0) is 42.7 Å². The number of benzene rings is 1. The monoisotopic (exact) mass is 529 g/mol. The van der Waals surface area contributed by atoms with Gasteiger partial charge in [0, 0.05) is 18.2 Å². The van der Waals surface area contributed by atoms with Crippen LogP contribution in [-0.4, -0.2) is 46.8 Å². The summed E-state index contributed by atoms with van der Waals surface area (Å²) in [7, 11) is 0. The van der Waals surface area contributed by atoms with Crippen LogP contribution in [-0.2, 0) is 15.8 Å². The first-order valence-electron chi connectivity index (χ1n) is 10.7. The smallest absolute Gasteiger partial charge is 0.433 e. The highest BCUT2D eigenvalue weighted by Crippen LogP contribution is 2.47. The quantitative estimate of drug-likeness (QED) is 0.453. The number of aliphatic hydroxyl groups is 1. The fourth-order valence-electron chi connectivity index (χ4n) is 4.02. The van der Waals surface area contributed by atoms with E-state index < -0.39 is 54.4 Å². The SMILES string of the molecule is O=C(COc1ccc(C(F)(F)F)nc1)NC1=C2CC(NC(=O)COc3ccc(Cl)c(F)c3)(C2)C(O)C1. The molecule has 36 heavy (non-hydrogen) atoms. The van der Waals surface area contributed by atoms with Gasteiger partial charge in [-0.15, -0.1) is 0 Å². The molecule has 5 rings (SSSR count). The van der Waals surface area contributed by atoms with Crippen molar-refractivity contribution in [3.8, 4) is 11.5 Å². The van der Waals surface area contributed by atoms with E-state index in [4.69, 9.17) is 21.1 Å². The Kier molecular flexibility index (Phi) is 7.10. The molecule has 3 aliphatic rings. The Morgan fingerprint density at radius 2 is 1.78 bits per heavy atom. The van der Waals surface area contributed by atoms with Gasteiger partial charge in [0.25, 0.3) is 11.8 Å². The van der Waals surface area contributed by atoms with Gasteiger partial charge in [0.1, 0.15) is 23.0 Å². The molecule has 2 bridgehead atoms. The highest BCUT2D eigenvalue weighted by molar-refractivity contribution is 6.30. The molecule has 1 fully saturated rings. The van der Waals surface area contributed by atoms with Crippen molar-refractivity contribution in [1.82, 2.24) is 15.6 Å². The number of hydrogen-bond donors (Lipinski definition) is 3. The molecule has 0 spiro atoms. The van der Waals surface area contributed by atoms with Crippen molar-refractivity contribution in [2.75, 3.05) is 13.2 Å². The predicted octanol–water partition coefficient (Wildman–Crippen LogP) is 3.13. The second kappa shape index (κ2) is 9.94. The molecule has 13 heteroatoms. The Bertz CT molecular complexity index is 1200. The summed E-state index contributed by atoms with van der Waals surface area (Å²) < 4.78 is 61.6. The van der Waals surface area contributed by atoms with Gasteiger partial charge in [-0.3, -0.25) is 9.59 Å². The molecule has 1 aromatic heterocycles. The first kappa shape index (κ1) is 25.7. The van der Waals surface area contributed by atoms with Crippen LogP contribution in [0.2, 0.25) is 5.02 Å². The molecule has 1 aromatic carbocycles. The van der Waals surface area contributed by atoms with Crippen molar-refractivity contribution in [2.45, 2.75) is 37.1 Å². The number of hydrogen-bond acceptors (Lipinski definition) is 6. The molecule has 3 aliphatic carbocycles. The molecule has 2 amide bonds. The van der Waals surface area contributed by atoms with Crippen LogP contribution in [0.25, 0.3) is 0 Å². The number of alkyl halides is 3. The summed E-state index contributed by atoms with van der Waals surface area (Å²) in [6, 6.07) is 5.59. The van der Waals surface area contributed by atoms with Crippen molar-refractivity contribution >= 4 is 23.4 Å². The number of nitrogens with zero attached hydrogens (tertiary/aromatic N) is 1. The van der Waals surface area contributed by atoms with E-state index in [0.29, 0.717) is 18.5 Å². The van der Waals surface area contributed by atoms with Crippen LogP contribution >= 0.6 is 11.6 Å². The van der Waals surface area contributed by atoms with E-state index in [1.807, 2.05) is 0 Å². The van der Waals surface area contributed by atoms with Crippen LogP contribution in [0.1, 0.15) is 25.0 Å². The lowest BCUT2D eigenvalue weighted by Gasteiger charge is -2.52. The Morgan fingerprint density at radius 1 is 1.11 bits per heavy atom. The zero-order chi connectivity index (χ0) is 26.1. The summed E-state index contributed by atoms with van der Waals surface area (Å²) in [6.45, 7) is -0.862. The van der Waals surface area contributed by atoms with Crippen LogP contribution in [0.4, 0.5) is 17.6 Å². The molecule has 3 N–H and O–H groups in total. The van der Waals surface area contributed by atoms with Gasteiger partial charge in [0.15, 0.2) is 13.2 Å². The molecule has 0 saturated heterocycles. The largest absolute Gasteiger partial charge is 0.484 e. The Hall–Kier alpha value is -3.38. The minimum Gasteiger partial charge on any atom is -0.484 e. The van der Waals surface area contributed by atoms with E-state index in [1.165, 1.54) is 12.1 Å². The maximum atomic E-state index is 13.5. The molecule has 2 aromatic rings. The van der Waals surface area contributed by atoms with Crippen molar-refractivity contribution in [3.05, 3.63) is 64.3 Å². The highest BCUT2D eigenvalue weighted by Gasteiger charge is 2.52. The number of carbonyl (C=O) groups is 2. The standard InChI is InChI=1S/C23H20ClF4N3O5/c24-15-3-1-13(5-16(15)25)35-11-21(34)31-22-7-12(8-22)17(6-19(22)32)30-20(33)10-36-14-2-4-18(29-9-14)23(26,27)28/h1-5,9,19,32H,6-8,10-11H2,(H,30,33)(H,31,34). The number of fused-ring (bicyclic) bond motifs is 2. The van der Waals surface area contributed by atoms with Gasteiger partial charge in [0.05, 0.1) is 22.9 Å². The van der Waals surface area contributed by atoms with Gasteiger partial charge >= 0.3 is 6.18 Å². The van der Waals surface area contributed by atoms with Crippen LogP contribution in [0, 0.1) is 5.82 Å². The van der Waals surface area contributed by atoms with Crippen LogP contribution < -0.4 is 20.1 Å². The predicted molar refractivity (Wildman–Crippen MR) is 118 cm³/mol. The summed E-state index contributed by atoms with van der Waals surface area (Å²) >= 11 is 5.61. The van der Waals surface area contributed by atoms with Gasteiger partial charge in [-0.1, -0.05) is 11.6 Å². The first-order chi connectivity index (χ1) is 16.9. The third kappa shape index (κ3) is 5.71. The van der Waals surface area contributed by atoms with Crippen molar-refractivity contribution in [1.29, 1.82) is 0 Å². The zero-order valence-corrected chi connectivity index (χ0v) is 19.3. The number of nitrogens with one attached hydrogen (secondary N) is 2. The minimum atomic E-state index is -4.58. The van der Waals surface area contributed by atoms with Gasteiger partial charge in [-0.2, -0.15) is 13.2 Å². The van der Waals surface area contributed by atoms with Crippen molar-refractivity contribution in [3.63, 3.8) is 0 Å². The topological polar surface area (TPSA) is 110 Å². The molecule has 192 valence electrons. The maximum Gasteiger partial charge on any atom is 0.433 e. The Morgan fingerprint density at radius 3 is 2.39 bits per heavy atom. The minimum absolute atomic E-state index is 0.00610. The maximum absolute atomic E-state index is 13.5. The third-order valence-electron chi connectivity index (χ3n) is 5.86. The Labute approximate surface area is 207 Å². The molecular weight excluding hydrogens is 510 g/mol.